The molecule has 1 saturated heterocycles. The van der Waals surface area contributed by atoms with Gasteiger partial charge in [0.2, 0.25) is 0 Å². The van der Waals surface area contributed by atoms with Crippen molar-refractivity contribution in [3.8, 4) is 0 Å². The van der Waals surface area contributed by atoms with E-state index in [4.69, 9.17) is 0 Å². The van der Waals surface area contributed by atoms with Crippen LogP contribution in [0.1, 0.15) is 25.7 Å². The van der Waals surface area contributed by atoms with Crippen LogP contribution in [0.2, 0.25) is 0 Å². The van der Waals surface area contributed by atoms with E-state index < -0.39 is 0 Å². The Hall–Kier alpha value is -0.830. The third-order valence-electron chi connectivity index (χ3n) is 2.76. The van der Waals surface area contributed by atoms with Crippen molar-refractivity contribution in [2.24, 2.45) is 0 Å². The molecule has 1 atom stereocenters. The smallest absolute Gasteiger partial charge is 0.309 e. The van der Waals surface area contributed by atoms with Crippen LogP contribution in [-0.2, 0) is 9.53 Å². The fraction of sp³-hybridized carbons (Fsp3) is 0.727. The van der Waals surface area contributed by atoms with Gasteiger partial charge in [0.15, 0.2) is 0 Å². The summed E-state index contributed by atoms with van der Waals surface area (Å²) < 4.78 is 4.54. The van der Waals surface area contributed by atoms with Gasteiger partial charge in [0.1, 0.15) is 0 Å². The number of likely N-dealkylation sites (tertiary alicyclic amines) is 1. The van der Waals surface area contributed by atoms with E-state index in [0.717, 1.165) is 6.42 Å². The average Bonchev–Trinajstić information content (AvgIpc) is 2.58. The molecular weight excluding hydrogens is 178 g/mol. The molecule has 1 rings (SSSR count). The van der Waals surface area contributed by atoms with Crippen molar-refractivity contribution in [2.45, 2.75) is 31.7 Å². The number of esters is 1. The lowest BCUT2D eigenvalue weighted by Gasteiger charge is -2.16. The fourth-order valence-electron chi connectivity index (χ4n) is 1.79. The van der Waals surface area contributed by atoms with Crippen LogP contribution in [0, 0.1) is 0 Å². The summed E-state index contributed by atoms with van der Waals surface area (Å²) >= 11 is 0. The van der Waals surface area contributed by atoms with E-state index in [1.165, 1.54) is 26.5 Å². The van der Waals surface area contributed by atoms with E-state index in [1.807, 2.05) is 6.08 Å². The zero-order valence-corrected chi connectivity index (χ0v) is 9.03. The van der Waals surface area contributed by atoms with Crippen LogP contribution >= 0.6 is 0 Å². The standard InChI is InChI=1S/C11H19NO2/c1-12-9-5-7-10(12)6-3-4-8-11(13)14-2/h3-4,10H,5-9H2,1-2H3/b4-3-. The largest absolute Gasteiger partial charge is 0.469 e. The Morgan fingerprint density at radius 1 is 1.57 bits per heavy atom. The van der Waals surface area contributed by atoms with Gasteiger partial charge in [0.25, 0.3) is 0 Å². The van der Waals surface area contributed by atoms with E-state index in [0.29, 0.717) is 12.5 Å². The van der Waals surface area contributed by atoms with Crippen molar-refractivity contribution in [2.75, 3.05) is 20.7 Å². The highest BCUT2D eigenvalue weighted by Crippen LogP contribution is 2.17. The van der Waals surface area contributed by atoms with Gasteiger partial charge in [0, 0.05) is 6.04 Å². The first-order chi connectivity index (χ1) is 6.74. The van der Waals surface area contributed by atoms with Gasteiger partial charge in [-0.1, -0.05) is 12.2 Å². The summed E-state index contributed by atoms with van der Waals surface area (Å²) in [5.41, 5.74) is 0. The molecule has 0 amide bonds. The molecule has 0 bridgehead atoms. The molecule has 1 aliphatic rings. The van der Waals surface area contributed by atoms with Gasteiger partial charge < -0.3 is 9.64 Å². The number of ether oxygens (including phenoxy) is 1. The van der Waals surface area contributed by atoms with Crippen LogP contribution < -0.4 is 0 Å². The van der Waals surface area contributed by atoms with E-state index in [1.54, 1.807) is 0 Å². The summed E-state index contributed by atoms with van der Waals surface area (Å²) in [5.74, 6) is -0.166. The van der Waals surface area contributed by atoms with Crippen molar-refractivity contribution in [3.63, 3.8) is 0 Å². The highest BCUT2D eigenvalue weighted by Gasteiger charge is 2.18. The van der Waals surface area contributed by atoms with E-state index in [2.05, 4.69) is 22.8 Å². The second-order valence-electron chi connectivity index (χ2n) is 3.76. The molecule has 3 heteroatoms. The summed E-state index contributed by atoms with van der Waals surface area (Å²) in [6.07, 6.45) is 8.01. The van der Waals surface area contributed by atoms with Crippen molar-refractivity contribution in [1.29, 1.82) is 0 Å². The molecule has 0 aliphatic carbocycles. The van der Waals surface area contributed by atoms with Crippen LogP contribution in [0.15, 0.2) is 12.2 Å². The molecule has 0 aromatic rings. The van der Waals surface area contributed by atoms with Gasteiger partial charge in [-0.25, -0.2) is 0 Å². The third-order valence-corrected chi connectivity index (χ3v) is 2.76. The first kappa shape index (κ1) is 11.2. The Morgan fingerprint density at radius 2 is 2.36 bits per heavy atom. The lowest BCUT2D eigenvalue weighted by molar-refractivity contribution is -0.139. The maximum Gasteiger partial charge on any atom is 0.309 e. The molecule has 0 N–H and O–H groups in total. The summed E-state index contributed by atoms with van der Waals surface area (Å²) in [7, 11) is 3.58. The maximum atomic E-state index is 10.8. The molecule has 80 valence electrons. The topological polar surface area (TPSA) is 29.5 Å². The predicted molar refractivity (Wildman–Crippen MR) is 56.0 cm³/mol. The molecule has 3 nitrogen and oxygen atoms in total. The van der Waals surface area contributed by atoms with Gasteiger partial charge >= 0.3 is 5.97 Å². The van der Waals surface area contributed by atoms with E-state index in [9.17, 15) is 4.79 Å². The molecule has 0 saturated carbocycles. The summed E-state index contributed by atoms with van der Waals surface area (Å²) in [4.78, 5) is 13.2. The number of carbonyl (C=O) groups excluding carboxylic acids is 1. The monoisotopic (exact) mass is 197 g/mol. The molecule has 0 aromatic carbocycles. The van der Waals surface area contributed by atoms with Crippen LogP contribution in [0.25, 0.3) is 0 Å². The summed E-state index contributed by atoms with van der Waals surface area (Å²) in [6.45, 7) is 1.20. The number of carbonyl (C=O) groups is 1. The van der Waals surface area contributed by atoms with Crippen molar-refractivity contribution in [1.82, 2.24) is 4.90 Å². The highest BCUT2D eigenvalue weighted by molar-refractivity contribution is 5.70. The predicted octanol–water partition coefficient (Wildman–Crippen LogP) is 1.59. The lowest BCUT2D eigenvalue weighted by Crippen LogP contribution is -2.23. The normalized spacial score (nSPS) is 23.1. The molecule has 1 fully saturated rings. The molecule has 1 heterocycles. The average molecular weight is 197 g/mol. The Balaban J connectivity index is 2.16. The van der Waals surface area contributed by atoms with Crippen LogP contribution in [0.3, 0.4) is 0 Å². The zero-order chi connectivity index (χ0) is 10.4. The Kier molecular flexibility index (Phi) is 4.66. The molecule has 14 heavy (non-hydrogen) atoms. The minimum atomic E-state index is -0.166. The molecule has 0 spiro atoms. The molecule has 0 aromatic heterocycles. The quantitative estimate of drug-likeness (QED) is 0.506. The van der Waals surface area contributed by atoms with Crippen molar-refractivity contribution >= 4 is 5.97 Å². The van der Waals surface area contributed by atoms with Gasteiger partial charge in [-0.3, -0.25) is 4.79 Å². The SMILES string of the molecule is COC(=O)C/C=C\CC1CCCN1C. The molecule has 1 unspecified atom stereocenters. The molecule has 0 radical (unpaired) electrons. The number of hydrogen-bond acceptors (Lipinski definition) is 3. The van der Waals surface area contributed by atoms with Crippen LogP contribution in [-0.4, -0.2) is 37.6 Å². The Bertz CT molecular complexity index is 213. The molecule has 1 aliphatic heterocycles. The first-order valence-corrected chi connectivity index (χ1v) is 5.16. The van der Waals surface area contributed by atoms with Crippen molar-refractivity contribution < 1.29 is 9.53 Å². The van der Waals surface area contributed by atoms with Gasteiger partial charge in [-0.15, -0.1) is 0 Å². The van der Waals surface area contributed by atoms with Gasteiger partial charge in [0.05, 0.1) is 13.5 Å². The highest BCUT2D eigenvalue weighted by atomic mass is 16.5. The van der Waals surface area contributed by atoms with Gasteiger partial charge in [-0.05, 0) is 32.9 Å². The Morgan fingerprint density at radius 3 is 2.93 bits per heavy atom. The minimum Gasteiger partial charge on any atom is -0.469 e. The number of methoxy groups -OCH3 is 1. The lowest BCUT2D eigenvalue weighted by atomic mass is 10.1. The van der Waals surface area contributed by atoms with Crippen LogP contribution in [0.5, 0.6) is 0 Å². The number of nitrogens with zero attached hydrogens (tertiary/aromatic N) is 1. The second-order valence-corrected chi connectivity index (χ2v) is 3.76. The fourth-order valence-corrected chi connectivity index (χ4v) is 1.79. The minimum absolute atomic E-state index is 0.166. The van der Waals surface area contributed by atoms with Gasteiger partial charge in [-0.2, -0.15) is 0 Å². The molecular formula is C11H19NO2. The number of hydrogen-bond donors (Lipinski definition) is 0. The zero-order valence-electron chi connectivity index (χ0n) is 9.03. The third kappa shape index (κ3) is 3.50. The van der Waals surface area contributed by atoms with E-state index in [-0.39, 0.29) is 5.97 Å². The summed E-state index contributed by atoms with van der Waals surface area (Å²) in [5, 5.41) is 0. The Labute approximate surface area is 85.7 Å². The van der Waals surface area contributed by atoms with Crippen molar-refractivity contribution in [3.05, 3.63) is 12.2 Å². The first-order valence-electron chi connectivity index (χ1n) is 5.16. The summed E-state index contributed by atoms with van der Waals surface area (Å²) in [6, 6.07) is 0.670. The second kappa shape index (κ2) is 5.81. The maximum absolute atomic E-state index is 10.8. The van der Waals surface area contributed by atoms with Crippen LogP contribution in [0.4, 0.5) is 0 Å². The number of rotatable bonds is 4. The van der Waals surface area contributed by atoms with E-state index >= 15 is 0 Å².